The average molecular weight is 342 g/mol. The van der Waals surface area contributed by atoms with E-state index in [4.69, 9.17) is 9.47 Å². The average Bonchev–Trinajstić information content (AvgIpc) is 2.68. The number of carbonyl (C=O) groups excluding carboxylic acids is 1. The lowest BCUT2D eigenvalue weighted by Gasteiger charge is -2.32. The van der Waals surface area contributed by atoms with Crippen LogP contribution < -0.4 is 14.8 Å². The van der Waals surface area contributed by atoms with Crippen LogP contribution in [0.1, 0.15) is 23.2 Å². The lowest BCUT2D eigenvalue weighted by Crippen LogP contribution is -2.42. The summed E-state index contributed by atoms with van der Waals surface area (Å²) in [6.45, 7) is 1.37. The number of methoxy groups -OCH3 is 2. The normalized spacial score (nSPS) is 14.9. The Morgan fingerprint density at radius 1 is 1.20 bits per heavy atom. The molecule has 1 fully saturated rings. The molecule has 0 bridgehead atoms. The third kappa shape index (κ3) is 3.99. The molecule has 1 aliphatic rings. The highest BCUT2D eigenvalue weighted by Gasteiger charge is 2.25. The summed E-state index contributed by atoms with van der Waals surface area (Å²) in [7, 11) is 3.15. The molecule has 0 radical (unpaired) electrons. The van der Waals surface area contributed by atoms with Gasteiger partial charge in [-0.1, -0.05) is 0 Å². The molecule has 2 aromatic rings. The predicted molar refractivity (Wildman–Crippen MR) is 94.1 cm³/mol. The van der Waals surface area contributed by atoms with E-state index in [1.165, 1.54) is 0 Å². The van der Waals surface area contributed by atoms with Gasteiger partial charge < -0.3 is 19.7 Å². The molecular formula is C18H22N4O3. The van der Waals surface area contributed by atoms with Crippen LogP contribution in [0.5, 0.6) is 11.5 Å². The van der Waals surface area contributed by atoms with Gasteiger partial charge in [0.2, 0.25) is 0 Å². The third-order valence-electron chi connectivity index (χ3n) is 4.34. The molecule has 1 saturated heterocycles. The lowest BCUT2D eigenvalue weighted by molar-refractivity contribution is 0.0715. The first-order valence-corrected chi connectivity index (χ1v) is 8.25. The second kappa shape index (κ2) is 7.83. The van der Waals surface area contributed by atoms with Crippen LogP contribution in [0, 0.1) is 0 Å². The molecule has 3 rings (SSSR count). The minimum absolute atomic E-state index is 0.0162. The standard InChI is InChI=1S/C18H22N4O3/c1-24-14-3-4-15(16(11-14)25-2)18(23)22-9-5-13(6-10-22)21-17-12-19-7-8-20-17/h3-4,7-8,11-13H,5-6,9-10H2,1-2H3,(H,20,21). The minimum atomic E-state index is -0.0162. The smallest absolute Gasteiger partial charge is 0.257 e. The number of aromatic nitrogens is 2. The fraction of sp³-hybridized carbons (Fsp3) is 0.389. The van der Waals surface area contributed by atoms with Gasteiger partial charge in [-0.3, -0.25) is 9.78 Å². The molecule has 0 unspecified atom stereocenters. The van der Waals surface area contributed by atoms with Crippen LogP contribution in [0.15, 0.2) is 36.8 Å². The summed E-state index contributed by atoms with van der Waals surface area (Å²) < 4.78 is 10.5. The van der Waals surface area contributed by atoms with Crippen molar-refractivity contribution in [3.8, 4) is 11.5 Å². The van der Waals surface area contributed by atoms with Crippen LogP contribution in [0.3, 0.4) is 0 Å². The molecule has 25 heavy (non-hydrogen) atoms. The van der Waals surface area contributed by atoms with Crippen molar-refractivity contribution in [3.63, 3.8) is 0 Å². The van der Waals surface area contributed by atoms with Crippen LogP contribution in [0.25, 0.3) is 0 Å². The zero-order valence-corrected chi connectivity index (χ0v) is 14.4. The number of likely N-dealkylation sites (tertiary alicyclic amines) is 1. The molecule has 0 spiro atoms. The Kier molecular flexibility index (Phi) is 5.33. The summed E-state index contributed by atoms with van der Waals surface area (Å²) in [5, 5.41) is 3.36. The van der Waals surface area contributed by atoms with Gasteiger partial charge in [0.15, 0.2) is 0 Å². The number of benzene rings is 1. The van der Waals surface area contributed by atoms with E-state index >= 15 is 0 Å². The Morgan fingerprint density at radius 2 is 2.00 bits per heavy atom. The minimum Gasteiger partial charge on any atom is -0.497 e. The van der Waals surface area contributed by atoms with Crippen molar-refractivity contribution in [1.82, 2.24) is 14.9 Å². The van der Waals surface area contributed by atoms with Crippen LogP contribution in [-0.2, 0) is 0 Å². The van der Waals surface area contributed by atoms with Gasteiger partial charge in [0, 0.05) is 37.6 Å². The molecule has 2 heterocycles. The molecule has 1 aliphatic heterocycles. The number of amides is 1. The first kappa shape index (κ1) is 17.0. The van der Waals surface area contributed by atoms with E-state index in [-0.39, 0.29) is 5.91 Å². The summed E-state index contributed by atoms with van der Waals surface area (Å²) in [4.78, 5) is 23.0. The Labute approximate surface area is 147 Å². The number of rotatable bonds is 5. The molecule has 7 heteroatoms. The highest BCUT2D eigenvalue weighted by atomic mass is 16.5. The second-order valence-electron chi connectivity index (χ2n) is 5.87. The molecule has 0 aliphatic carbocycles. The van der Waals surface area contributed by atoms with Crippen molar-refractivity contribution in [2.45, 2.75) is 18.9 Å². The number of carbonyl (C=O) groups is 1. The third-order valence-corrected chi connectivity index (χ3v) is 4.34. The molecule has 1 N–H and O–H groups in total. The largest absolute Gasteiger partial charge is 0.497 e. The van der Waals surface area contributed by atoms with Crippen molar-refractivity contribution in [1.29, 1.82) is 0 Å². The van der Waals surface area contributed by atoms with Gasteiger partial charge >= 0.3 is 0 Å². The van der Waals surface area contributed by atoms with Gasteiger partial charge in [-0.2, -0.15) is 0 Å². The summed E-state index contributed by atoms with van der Waals surface area (Å²) in [5.41, 5.74) is 0.559. The van der Waals surface area contributed by atoms with Gasteiger partial charge in [0.1, 0.15) is 17.3 Å². The van der Waals surface area contributed by atoms with Crippen LogP contribution >= 0.6 is 0 Å². The van der Waals surface area contributed by atoms with Crippen molar-refractivity contribution in [2.24, 2.45) is 0 Å². The zero-order chi connectivity index (χ0) is 17.6. The summed E-state index contributed by atoms with van der Waals surface area (Å²) in [5.74, 6) is 1.95. The Bertz CT molecular complexity index is 716. The fourth-order valence-electron chi connectivity index (χ4n) is 2.96. The van der Waals surface area contributed by atoms with E-state index in [0.29, 0.717) is 36.2 Å². The maximum Gasteiger partial charge on any atom is 0.257 e. The number of anilines is 1. The van der Waals surface area contributed by atoms with E-state index in [9.17, 15) is 4.79 Å². The predicted octanol–water partition coefficient (Wildman–Crippen LogP) is 2.21. The topological polar surface area (TPSA) is 76.6 Å². The van der Waals surface area contributed by atoms with Crippen molar-refractivity contribution >= 4 is 11.7 Å². The van der Waals surface area contributed by atoms with E-state index in [1.54, 1.807) is 51.0 Å². The number of piperidine rings is 1. The maximum absolute atomic E-state index is 12.8. The van der Waals surface area contributed by atoms with Gasteiger partial charge in [-0.15, -0.1) is 0 Å². The highest BCUT2D eigenvalue weighted by molar-refractivity contribution is 5.97. The van der Waals surface area contributed by atoms with Gasteiger partial charge in [0.25, 0.3) is 5.91 Å². The number of nitrogens with zero attached hydrogens (tertiary/aromatic N) is 3. The molecule has 132 valence electrons. The molecule has 1 amide bonds. The van der Waals surface area contributed by atoms with E-state index in [1.807, 2.05) is 4.90 Å². The first-order valence-electron chi connectivity index (χ1n) is 8.25. The summed E-state index contributed by atoms with van der Waals surface area (Å²) >= 11 is 0. The van der Waals surface area contributed by atoms with E-state index < -0.39 is 0 Å². The van der Waals surface area contributed by atoms with Crippen LogP contribution in [0.4, 0.5) is 5.82 Å². The molecule has 1 aromatic carbocycles. The van der Waals surface area contributed by atoms with Crippen molar-refractivity contribution in [3.05, 3.63) is 42.4 Å². The molecular weight excluding hydrogens is 320 g/mol. The molecule has 1 aromatic heterocycles. The number of hydrogen-bond acceptors (Lipinski definition) is 6. The van der Waals surface area contributed by atoms with Gasteiger partial charge in [0.05, 0.1) is 26.0 Å². The quantitative estimate of drug-likeness (QED) is 0.898. The molecule has 0 atom stereocenters. The maximum atomic E-state index is 12.8. The number of hydrogen-bond donors (Lipinski definition) is 1. The fourth-order valence-corrected chi connectivity index (χ4v) is 2.96. The SMILES string of the molecule is COc1ccc(C(=O)N2CCC(Nc3cnccn3)CC2)c(OC)c1. The molecule has 7 nitrogen and oxygen atoms in total. The lowest BCUT2D eigenvalue weighted by atomic mass is 10.0. The summed E-state index contributed by atoms with van der Waals surface area (Å²) in [6, 6.07) is 5.55. The Balaban J connectivity index is 1.62. The second-order valence-corrected chi connectivity index (χ2v) is 5.87. The summed E-state index contributed by atoms with van der Waals surface area (Å²) in [6.07, 6.45) is 6.74. The van der Waals surface area contributed by atoms with E-state index in [2.05, 4.69) is 15.3 Å². The first-order chi connectivity index (χ1) is 12.2. The Hall–Kier alpha value is -2.83. The van der Waals surface area contributed by atoms with Crippen LogP contribution in [-0.4, -0.2) is 54.1 Å². The van der Waals surface area contributed by atoms with Crippen molar-refractivity contribution < 1.29 is 14.3 Å². The van der Waals surface area contributed by atoms with E-state index in [0.717, 1.165) is 18.7 Å². The van der Waals surface area contributed by atoms with Gasteiger partial charge in [-0.05, 0) is 25.0 Å². The van der Waals surface area contributed by atoms with Gasteiger partial charge in [-0.25, -0.2) is 4.98 Å². The molecule has 0 saturated carbocycles. The number of nitrogens with one attached hydrogen (secondary N) is 1. The zero-order valence-electron chi connectivity index (χ0n) is 14.4. The van der Waals surface area contributed by atoms with Crippen molar-refractivity contribution in [2.75, 3.05) is 32.6 Å². The number of ether oxygens (including phenoxy) is 2. The Morgan fingerprint density at radius 3 is 2.64 bits per heavy atom. The monoisotopic (exact) mass is 342 g/mol. The van der Waals surface area contributed by atoms with Crippen LogP contribution in [0.2, 0.25) is 0 Å². The highest BCUT2D eigenvalue weighted by Crippen LogP contribution is 2.27.